The Morgan fingerprint density at radius 3 is 2.47 bits per heavy atom. The summed E-state index contributed by atoms with van der Waals surface area (Å²) in [5.41, 5.74) is 6.88. The fourth-order valence-electron chi connectivity index (χ4n) is 1.87. The number of benzene rings is 1. The van der Waals surface area contributed by atoms with Gasteiger partial charge in [0.15, 0.2) is 9.84 Å². The van der Waals surface area contributed by atoms with Crippen molar-refractivity contribution in [2.45, 2.75) is 11.4 Å². The van der Waals surface area contributed by atoms with E-state index < -0.39 is 9.84 Å². The molecule has 0 bridgehead atoms. The lowest BCUT2D eigenvalue weighted by Gasteiger charge is -2.04. The zero-order chi connectivity index (χ0) is 14.0. The van der Waals surface area contributed by atoms with Crippen LogP contribution in [0.5, 0.6) is 0 Å². The molecule has 1 heterocycles. The smallest absolute Gasteiger partial charge is 0.179 e. The predicted octanol–water partition coefficient (Wildman–Crippen LogP) is 1.39. The van der Waals surface area contributed by atoms with E-state index in [-0.39, 0.29) is 16.3 Å². The molecule has 0 aliphatic rings. The zero-order valence-electron chi connectivity index (χ0n) is 10.4. The van der Waals surface area contributed by atoms with Crippen molar-refractivity contribution in [2.24, 2.45) is 0 Å². The third kappa shape index (κ3) is 2.61. The van der Waals surface area contributed by atoms with E-state index in [4.69, 9.17) is 11.0 Å². The number of hydrogen-bond donors (Lipinski definition) is 1. The van der Waals surface area contributed by atoms with Crippen molar-refractivity contribution in [2.75, 3.05) is 12.0 Å². The van der Waals surface area contributed by atoms with Crippen LogP contribution >= 0.6 is 0 Å². The fourth-order valence-corrected chi connectivity index (χ4v) is 2.69. The lowest BCUT2D eigenvalue weighted by molar-refractivity contribution is 0.602. The Labute approximate surface area is 111 Å². The molecule has 0 saturated heterocycles. The Morgan fingerprint density at radius 2 is 1.95 bits per heavy atom. The van der Waals surface area contributed by atoms with Crippen molar-refractivity contribution >= 4 is 15.5 Å². The molecular weight excluding hydrogens is 262 g/mol. The minimum absolute atomic E-state index is 0.0000175. The monoisotopic (exact) mass is 275 g/mol. The van der Waals surface area contributed by atoms with E-state index in [2.05, 4.69) is 0 Å². The second-order valence-electron chi connectivity index (χ2n) is 4.25. The molecule has 0 atom stereocenters. The summed E-state index contributed by atoms with van der Waals surface area (Å²) in [7, 11) is -3.43. The molecule has 2 aromatic rings. The molecule has 0 radical (unpaired) electrons. The summed E-state index contributed by atoms with van der Waals surface area (Å²) in [4.78, 5) is -0.0000175. The van der Waals surface area contributed by atoms with Crippen LogP contribution in [0.2, 0.25) is 0 Å². The Balaban J connectivity index is 2.51. The number of nitriles is 1. The standard InChI is InChI=1S/C13H13N3O2S/c1-19(17,18)12-9-16(11(7-14)13(12)15)8-10-5-3-2-4-6-10/h2-6,9H,8,15H2,1H3. The van der Waals surface area contributed by atoms with Crippen LogP contribution in [0.3, 0.4) is 0 Å². The van der Waals surface area contributed by atoms with E-state index >= 15 is 0 Å². The van der Waals surface area contributed by atoms with Gasteiger partial charge in [-0.25, -0.2) is 8.42 Å². The van der Waals surface area contributed by atoms with E-state index in [0.717, 1.165) is 11.8 Å². The average Bonchev–Trinajstić information content (AvgIpc) is 2.67. The second kappa shape index (κ2) is 4.78. The van der Waals surface area contributed by atoms with Crippen LogP contribution in [0.1, 0.15) is 11.3 Å². The summed E-state index contributed by atoms with van der Waals surface area (Å²) in [5, 5.41) is 9.11. The SMILES string of the molecule is CS(=O)(=O)c1cn(Cc2ccccc2)c(C#N)c1N. The van der Waals surface area contributed by atoms with Gasteiger partial charge in [-0.15, -0.1) is 0 Å². The maximum absolute atomic E-state index is 11.6. The molecule has 1 aromatic carbocycles. The lowest BCUT2D eigenvalue weighted by Crippen LogP contribution is -2.01. The molecule has 98 valence electrons. The van der Waals surface area contributed by atoms with Crippen LogP contribution in [0, 0.1) is 11.3 Å². The maximum Gasteiger partial charge on any atom is 0.179 e. The average molecular weight is 275 g/mol. The number of nitrogens with zero attached hydrogens (tertiary/aromatic N) is 2. The van der Waals surface area contributed by atoms with Gasteiger partial charge in [0.1, 0.15) is 16.7 Å². The maximum atomic E-state index is 11.6. The molecule has 0 aliphatic heterocycles. The topological polar surface area (TPSA) is 88.9 Å². The first-order chi connectivity index (χ1) is 8.93. The molecule has 5 nitrogen and oxygen atoms in total. The van der Waals surface area contributed by atoms with Crippen molar-refractivity contribution in [3.8, 4) is 6.07 Å². The molecule has 1 aromatic heterocycles. The van der Waals surface area contributed by atoms with Crippen molar-refractivity contribution < 1.29 is 8.42 Å². The normalized spacial score (nSPS) is 11.2. The summed E-state index contributed by atoms with van der Waals surface area (Å²) in [6.45, 7) is 0.406. The first-order valence-corrected chi connectivity index (χ1v) is 7.45. The van der Waals surface area contributed by atoms with Crippen LogP contribution in [-0.2, 0) is 16.4 Å². The van der Waals surface area contributed by atoms with Gasteiger partial charge >= 0.3 is 0 Å². The molecule has 2 rings (SSSR count). The number of hydrogen-bond acceptors (Lipinski definition) is 4. The lowest BCUT2D eigenvalue weighted by atomic mass is 10.2. The molecule has 0 amide bonds. The van der Waals surface area contributed by atoms with Gasteiger partial charge in [0.25, 0.3) is 0 Å². The molecule has 6 heteroatoms. The van der Waals surface area contributed by atoms with Gasteiger partial charge < -0.3 is 10.3 Å². The highest BCUT2D eigenvalue weighted by molar-refractivity contribution is 7.90. The molecule has 19 heavy (non-hydrogen) atoms. The summed E-state index contributed by atoms with van der Waals surface area (Å²) in [6, 6.07) is 11.4. The van der Waals surface area contributed by atoms with Crippen LogP contribution < -0.4 is 5.73 Å². The Kier molecular flexibility index (Phi) is 3.32. The summed E-state index contributed by atoms with van der Waals surface area (Å²) in [6.07, 6.45) is 2.49. The number of sulfone groups is 1. The minimum Gasteiger partial charge on any atom is -0.395 e. The molecule has 0 unspecified atom stereocenters. The van der Waals surface area contributed by atoms with Crippen molar-refractivity contribution in [1.29, 1.82) is 5.26 Å². The van der Waals surface area contributed by atoms with Gasteiger partial charge in [0.2, 0.25) is 0 Å². The summed E-state index contributed by atoms with van der Waals surface area (Å²) >= 11 is 0. The van der Waals surface area contributed by atoms with Gasteiger partial charge in [-0.2, -0.15) is 5.26 Å². The predicted molar refractivity (Wildman–Crippen MR) is 72.2 cm³/mol. The number of nitrogen functional groups attached to an aromatic ring is 1. The minimum atomic E-state index is -3.43. The van der Waals surface area contributed by atoms with Crippen molar-refractivity contribution in [1.82, 2.24) is 4.57 Å². The Morgan fingerprint density at radius 1 is 1.32 bits per heavy atom. The van der Waals surface area contributed by atoms with Gasteiger partial charge in [0.05, 0.1) is 5.69 Å². The quantitative estimate of drug-likeness (QED) is 0.916. The van der Waals surface area contributed by atoms with E-state index in [1.807, 2.05) is 36.4 Å². The van der Waals surface area contributed by atoms with Crippen molar-refractivity contribution in [3.05, 3.63) is 47.8 Å². The number of rotatable bonds is 3. The largest absolute Gasteiger partial charge is 0.395 e. The van der Waals surface area contributed by atoms with Crippen LogP contribution in [0.15, 0.2) is 41.4 Å². The third-order valence-electron chi connectivity index (χ3n) is 2.78. The molecule has 0 saturated carbocycles. The first kappa shape index (κ1) is 13.2. The van der Waals surface area contributed by atoms with Gasteiger partial charge in [0, 0.05) is 19.0 Å². The Hall–Kier alpha value is -2.26. The number of nitrogens with two attached hydrogens (primary N) is 1. The first-order valence-electron chi connectivity index (χ1n) is 5.56. The van der Waals surface area contributed by atoms with E-state index in [9.17, 15) is 8.42 Å². The number of aromatic nitrogens is 1. The van der Waals surface area contributed by atoms with Crippen LogP contribution in [-0.4, -0.2) is 19.2 Å². The molecular formula is C13H13N3O2S. The molecule has 0 aliphatic carbocycles. The highest BCUT2D eigenvalue weighted by atomic mass is 32.2. The van der Waals surface area contributed by atoms with E-state index in [1.54, 1.807) is 4.57 Å². The molecule has 2 N–H and O–H groups in total. The van der Waals surface area contributed by atoms with Crippen LogP contribution in [0.25, 0.3) is 0 Å². The van der Waals surface area contributed by atoms with E-state index in [1.165, 1.54) is 6.20 Å². The molecule has 0 fully saturated rings. The van der Waals surface area contributed by atoms with E-state index in [0.29, 0.717) is 6.54 Å². The second-order valence-corrected chi connectivity index (χ2v) is 6.24. The Bertz CT molecular complexity index is 740. The highest BCUT2D eigenvalue weighted by Gasteiger charge is 2.20. The third-order valence-corrected chi connectivity index (χ3v) is 3.91. The summed E-state index contributed by atoms with van der Waals surface area (Å²) in [5.74, 6) is 0. The van der Waals surface area contributed by atoms with Crippen LogP contribution in [0.4, 0.5) is 5.69 Å². The fraction of sp³-hybridized carbons (Fsp3) is 0.154. The highest BCUT2D eigenvalue weighted by Crippen LogP contribution is 2.25. The summed E-state index contributed by atoms with van der Waals surface area (Å²) < 4.78 is 24.7. The van der Waals surface area contributed by atoms with Gasteiger partial charge in [-0.1, -0.05) is 30.3 Å². The zero-order valence-corrected chi connectivity index (χ0v) is 11.2. The van der Waals surface area contributed by atoms with Gasteiger partial charge in [-0.3, -0.25) is 0 Å². The molecule has 0 spiro atoms. The van der Waals surface area contributed by atoms with Gasteiger partial charge in [-0.05, 0) is 5.56 Å². The number of anilines is 1. The van der Waals surface area contributed by atoms with Crippen molar-refractivity contribution in [3.63, 3.8) is 0 Å².